The zero-order valence-corrected chi connectivity index (χ0v) is 18.1. The molecule has 1 aliphatic rings. The van der Waals surface area contributed by atoms with Crippen molar-refractivity contribution in [3.8, 4) is 10.6 Å². The van der Waals surface area contributed by atoms with Crippen LogP contribution in [0.2, 0.25) is 0 Å². The first kappa shape index (κ1) is 21.1. The Balaban J connectivity index is 0.00000117. The highest BCUT2D eigenvalue weighted by molar-refractivity contribution is 7.13. The fraction of sp³-hybridized carbons (Fsp3) is 0.391. The molecule has 1 saturated heterocycles. The standard InChI is InChI=1S/C21H24N4OS.C2H6/c26-21(22-15-16-14-18(24-23-16)20-10-7-13-27-20)17-8-3-4-9-19(17)25-11-5-1-2-6-12-25;1-2/h3-4,7-10,13-14H,1-2,5-6,11-12,15H2,(H,22,26)(H,23,24);1-2H3. The van der Waals surface area contributed by atoms with Gasteiger partial charge in [0.25, 0.3) is 5.91 Å². The smallest absolute Gasteiger partial charge is 0.253 e. The van der Waals surface area contributed by atoms with E-state index >= 15 is 0 Å². The summed E-state index contributed by atoms with van der Waals surface area (Å²) in [6.07, 6.45) is 4.93. The van der Waals surface area contributed by atoms with Gasteiger partial charge in [-0.25, -0.2) is 0 Å². The lowest BCUT2D eigenvalue weighted by molar-refractivity contribution is 0.0951. The number of amides is 1. The molecule has 1 aromatic carbocycles. The first-order chi connectivity index (χ1) is 14.3. The normalized spacial score (nSPS) is 13.9. The third-order valence-corrected chi connectivity index (χ3v) is 5.83. The van der Waals surface area contributed by atoms with Crippen molar-refractivity contribution >= 4 is 22.9 Å². The molecule has 0 atom stereocenters. The first-order valence-electron chi connectivity index (χ1n) is 10.5. The molecule has 1 aliphatic heterocycles. The summed E-state index contributed by atoms with van der Waals surface area (Å²) >= 11 is 1.65. The number of para-hydroxylation sites is 1. The Morgan fingerprint density at radius 1 is 1.10 bits per heavy atom. The summed E-state index contributed by atoms with van der Waals surface area (Å²) in [4.78, 5) is 16.3. The molecule has 0 spiro atoms. The number of H-pyrrole nitrogens is 1. The summed E-state index contributed by atoms with van der Waals surface area (Å²) in [7, 11) is 0. The van der Waals surface area contributed by atoms with Crippen molar-refractivity contribution in [1.29, 1.82) is 0 Å². The molecule has 2 aromatic heterocycles. The van der Waals surface area contributed by atoms with Crippen LogP contribution in [0.1, 0.15) is 55.6 Å². The average molecular weight is 411 g/mol. The number of nitrogens with one attached hydrogen (secondary N) is 2. The zero-order valence-electron chi connectivity index (χ0n) is 17.3. The first-order valence-corrected chi connectivity index (χ1v) is 11.4. The van der Waals surface area contributed by atoms with Crippen LogP contribution in [0.5, 0.6) is 0 Å². The van der Waals surface area contributed by atoms with E-state index in [0.717, 1.165) is 40.6 Å². The SMILES string of the molecule is CC.O=C(NCc1cc(-c2cccs2)n[nH]1)c1ccccc1N1CCCCCC1. The summed E-state index contributed by atoms with van der Waals surface area (Å²) in [5.74, 6) is -0.0397. The van der Waals surface area contributed by atoms with Crippen LogP contribution in [0.25, 0.3) is 10.6 Å². The van der Waals surface area contributed by atoms with Crippen molar-refractivity contribution in [3.05, 3.63) is 59.1 Å². The fourth-order valence-corrected chi connectivity index (χ4v) is 4.21. The predicted molar refractivity (Wildman–Crippen MR) is 122 cm³/mol. The second-order valence-corrected chi connectivity index (χ2v) is 7.80. The third kappa shape index (κ3) is 5.48. The number of carbonyl (C=O) groups excluding carboxylic acids is 1. The monoisotopic (exact) mass is 410 g/mol. The minimum Gasteiger partial charge on any atom is -0.371 e. The van der Waals surface area contributed by atoms with E-state index in [1.807, 2.05) is 55.6 Å². The minimum absolute atomic E-state index is 0.0397. The van der Waals surface area contributed by atoms with Gasteiger partial charge in [0.15, 0.2) is 0 Å². The largest absolute Gasteiger partial charge is 0.371 e. The van der Waals surface area contributed by atoms with Crippen molar-refractivity contribution in [3.63, 3.8) is 0 Å². The third-order valence-electron chi connectivity index (χ3n) is 4.94. The quantitative estimate of drug-likeness (QED) is 0.586. The minimum atomic E-state index is -0.0397. The molecule has 29 heavy (non-hydrogen) atoms. The van der Waals surface area contributed by atoms with Gasteiger partial charge in [0, 0.05) is 18.8 Å². The molecule has 3 heterocycles. The van der Waals surface area contributed by atoms with Crippen molar-refractivity contribution in [1.82, 2.24) is 15.5 Å². The Labute approximate surface area is 177 Å². The van der Waals surface area contributed by atoms with Crippen LogP contribution in [0.3, 0.4) is 0 Å². The highest BCUT2D eigenvalue weighted by atomic mass is 32.1. The van der Waals surface area contributed by atoms with Crippen LogP contribution in [-0.4, -0.2) is 29.2 Å². The van der Waals surface area contributed by atoms with Crippen molar-refractivity contribution in [2.24, 2.45) is 0 Å². The number of hydrogen-bond donors (Lipinski definition) is 2. The van der Waals surface area contributed by atoms with Gasteiger partial charge in [-0.05, 0) is 42.5 Å². The lowest BCUT2D eigenvalue weighted by Crippen LogP contribution is -2.29. The number of rotatable bonds is 5. The van der Waals surface area contributed by atoms with Crippen molar-refractivity contribution in [2.45, 2.75) is 46.1 Å². The number of aromatic amines is 1. The number of carbonyl (C=O) groups is 1. The lowest BCUT2D eigenvalue weighted by atomic mass is 10.1. The maximum absolute atomic E-state index is 12.8. The van der Waals surface area contributed by atoms with Gasteiger partial charge >= 0.3 is 0 Å². The van der Waals surface area contributed by atoms with Gasteiger partial charge in [-0.3, -0.25) is 9.89 Å². The molecule has 2 N–H and O–H groups in total. The van der Waals surface area contributed by atoms with Crippen LogP contribution in [0.4, 0.5) is 5.69 Å². The number of thiophene rings is 1. The number of anilines is 1. The van der Waals surface area contributed by atoms with E-state index in [4.69, 9.17) is 0 Å². The second-order valence-electron chi connectivity index (χ2n) is 6.86. The highest BCUT2D eigenvalue weighted by Crippen LogP contribution is 2.25. The zero-order chi connectivity index (χ0) is 20.5. The summed E-state index contributed by atoms with van der Waals surface area (Å²) in [6.45, 7) is 6.48. The number of aromatic nitrogens is 2. The maximum atomic E-state index is 12.8. The number of benzene rings is 1. The van der Waals surface area contributed by atoms with Gasteiger partial charge in [-0.1, -0.05) is 44.9 Å². The van der Waals surface area contributed by atoms with E-state index < -0.39 is 0 Å². The molecule has 0 saturated carbocycles. The number of nitrogens with zero attached hydrogens (tertiary/aromatic N) is 2. The van der Waals surface area contributed by atoms with Crippen molar-refractivity contribution < 1.29 is 4.79 Å². The maximum Gasteiger partial charge on any atom is 0.253 e. The van der Waals surface area contributed by atoms with E-state index in [1.165, 1.54) is 25.7 Å². The van der Waals surface area contributed by atoms with E-state index in [9.17, 15) is 4.79 Å². The predicted octanol–water partition coefficient (Wildman–Crippen LogP) is 5.47. The fourth-order valence-electron chi connectivity index (χ4n) is 3.53. The molecule has 1 amide bonds. The van der Waals surface area contributed by atoms with E-state index in [2.05, 4.69) is 26.5 Å². The van der Waals surface area contributed by atoms with Gasteiger partial charge in [0.2, 0.25) is 0 Å². The molecule has 154 valence electrons. The molecule has 0 unspecified atom stereocenters. The molecular formula is C23H30N4OS. The van der Waals surface area contributed by atoms with Crippen LogP contribution in [0, 0.1) is 0 Å². The van der Waals surface area contributed by atoms with Crippen LogP contribution < -0.4 is 10.2 Å². The molecule has 0 radical (unpaired) electrons. The van der Waals surface area contributed by atoms with Crippen molar-refractivity contribution in [2.75, 3.05) is 18.0 Å². The van der Waals surface area contributed by atoms with E-state index in [1.54, 1.807) is 11.3 Å². The van der Waals surface area contributed by atoms with E-state index in [-0.39, 0.29) is 5.91 Å². The van der Waals surface area contributed by atoms with Gasteiger partial charge in [-0.15, -0.1) is 11.3 Å². The van der Waals surface area contributed by atoms with Crippen LogP contribution in [0.15, 0.2) is 47.8 Å². The van der Waals surface area contributed by atoms with Gasteiger partial charge in [-0.2, -0.15) is 5.10 Å². The molecule has 0 bridgehead atoms. The van der Waals surface area contributed by atoms with Gasteiger partial charge in [0.1, 0.15) is 5.69 Å². The Kier molecular flexibility index (Phi) is 7.87. The summed E-state index contributed by atoms with van der Waals surface area (Å²) < 4.78 is 0. The molecule has 5 nitrogen and oxygen atoms in total. The topological polar surface area (TPSA) is 61.0 Å². The van der Waals surface area contributed by atoms with E-state index in [0.29, 0.717) is 6.54 Å². The Morgan fingerprint density at radius 2 is 1.86 bits per heavy atom. The van der Waals surface area contributed by atoms with Gasteiger partial charge in [0.05, 0.1) is 22.7 Å². The summed E-state index contributed by atoms with van der Waals surface area (Å²) in [5.41, 5.74) is 3.61. The number of hydrogen-bond acceptors (Lipinski definition) is 4. The lowest BCUT2D eigenvalue weighted by Gasteiger charge is -2.25. The Hall–Kier alpha value is -2.60. The molecule has 3 aromatic rings. The Morgan fingerprint density at radius 3 is 2.59 bits per heavy atom. The van der Waals surface area contributed by atoms with Crippen LogP contribution >= 0.6 is 11.3 Å². The molecule has 4 rings (SSSR count). The second kappa shape index (κ2) is 10.8. The molecular weight excluding hydrogens is 380 g/mol. The molecule has 1 fully saturated rings. The van der Waals surface area contributed by atoms with Crippen LogP contribution in [-0.2, 0) is 6.54 Å². The summed E-state index contributed by atoms with van der Waals surface area (Å²) in [6, 6.07) is 14.0. The average Bonchev–Trinajstić information content (AvgIpc) is 3.40. The highest BCUT2D eigenvalue weighted by Gasteiger charge is 2.17. The van der Waals surface area contributed by atoms with Gasteiger partial charge < -0.3 is 10.2 Å². The summed E-state index contributed by atoms with van der Waals surface area (Å²) in [5, 5.41) is 12.4. The Bertz CT molecular complexity index is 880. The molecule has 6 heteroatoms. The molecule has 0 aliphatic carbocycles.